The lowest BCUT2D eigenvalue weighted by atomic mass is 10.1. The topological polar surface area (TPSA) is 21.7 Å². The fourth-order valence-corrected chi connectivity index (χ4v) is 1.59. The van der Waals surface area contributed by atoms with Gasteiger partial charge in [0, 0.05) is 27.3 Å². The monoisotopic (exact) mass is 185 g/mol. The van der Waals surface area contributed by atoms with Crippen LogP contribution in [0.4, 0.5) is 0 Å². The lowest BCUT2D eigenvalue weighted by molar-refractivity contribution is -0.0268. The van der Waals surface area contributed by atoms with Gasteiger partial charge in [-0.2, -0.15) is 0 Å². The van der Waals surface area contributed by atoms with Crippen LogP contribution in [0.5, 0.6) is 0 Å². The molecular weight excluding hydrogens is 166 g/mol. The molecule has 0 saturated carbocycles. The van der Waals surface area contributed by atoms with E-state index >= 15 is 0 Å². The molecule has 0 saturated heterocycles. The maximum Gasteiger partial charge on any atom is 0.103 e. The van der Waals surface area contributed by atoms with Gasteiger partial charge in [-0.3, -0.25) is 0 Å². The van der Waals surface area contributed by atoms with Crippen LogP contribution in [0.15, 0.2) is 12.2 Å². The summed E-state index contributed by atoms with van der Waals surface area (Å²) >= 11 is 0. The lowest BCUT2D eigenvalue weighted by Crippen LogP contribution is -2.40. The van der Waals surface area contributed by atoms with Gasteiger partial charge in [0.25, 0.3) is 0 Å². The molecule has 1 heterocycles. The number of rotatable bonds is 2. The molecule has 0 aliphatic carbocycles. The minimum Gasteiger partial charge on any atom is -0.377 e. The van der Waals surface area contributed by atoms with Crippen LogP contribution in [-0.4, -0.2) is 51.5 Å². The summed E-state index contributed by atoms with van der Waals surface area (Å²) in [7, 11) is 5.57. The van der Waals surface area contributed by atoms with E-state index in [1.165, 1.54) is 0 Å². The van der Waals surface area contributed by atoms with E-state index in [1.807, 2.05) is 0 Å². The standard InChI is InChI=1S/C10H19NO2/c1-11-7-5-4-6-9(12-2)10(8-11)13-3/h4,6,9-10H,5,7-8H2,1-3H3. The van der Waals surface area contributed by atoms with Gasteiger partial charge in [0.1, 0.15) is 6.10 Å². The second-order valence-corrected chi connectivity index (χ2v) is 3.45. The zero-order chi connectivity index (χ0) is 9.68. The molecule has 0 aromatic rings. The number of nitrogens with zero attached hydrogens (tertiary/aromatic N) is 1. The Balaban J connectivity index is 2.62. The van der Waals surface area contributed by atoms with Gasteiger partial charge in [-0.25, -0.2) is 0 Å². The SMILES string of the molecule is COC1C=CCCN(C)CC1OC. The molecule has 0 N–H and O–H groups in total. The third-order valence-corrected chi connectivity index (χ3v) is 2.44. The number of hydrogen-bond donors (Lipinski definition) is 0. The predicted octanol–water partition coefficient (Wildman–Crippen LogP) is 0.908. The van der Waals surface area contributed by atoms with Crippen molar-refractivity contribution in [2.45, 2.75) is 18.6 Å². The summed E-state index contributed by atoms with van der Waals surface area (Å²) < 4.78 is 10.7. The lowest BCUT2D eigenvalue weighted by Gasteiger charge is -2.28. The van der Waals surface area contributed by atoms with Crippen molar-refractivity contribution in [2.24, 2.45) is 0 Å². The molecule has 3 nitrogen and oxygen atoms in total. The Bertz CT molecular complexity index is 170. The Morgan fingerprint density at radius 2 is 2.08 bits per heavy atom. The van der Waals surface area contributed by atoms with E-state index in [9.17, 15) is 0 Å². The average Bonchev–Trinajstić information content (AvgIpc) is 2.11. The number of ether oxygens (including phenoxy) is 2. The average molecular weight is 185 g/mol. The summed E-state index contributed by atoms with van der Waals surface area (Å²) in [6, 6.07) is 0. The predicted molar refractivity (Wildman–Crippen MR) is 52.8 cm³/mol. The highest BCUT2D eigenvalue weighted by atomic mass is 16.5. The summed E-state index contributed by atoms with van der Waals surface area (Å²) in [5.74, 6) is 0. The van der Waals surface area contributed by atoms with Gasteiger partial charge in [0.2, 0.25) is 0 Å². The van der Waals surface area contributed by atoms with Gasteiger partial charge in [-0.15, -0.1) is 0 Å². The maximum absolute atomic E-state index is 5.38. The van der Waals surface area contributed by atoms with Gasteiger partial charge >= 0.3 is 0 Å². The molecule has 2 unspecified atom stereocenters. The first-order chi connectivity index (χ1) is 6.27. The Hall–Kier alpha value is -0.380. The summed E-state index contributed by atoms with van der Waals surface area (Å²) in [5.41, 5.74) is 0. The molecule has 1 rings (SSSR count). The summed E-state index contributed by atoms with van der Waals surface area (Å²) in [4.78, 5) is 2.27. The van der Waals surface area contributed by atoms with Crippen LogP contribution in [0, 0.1) is 0 Å². The van der Waals surface area contributed by atoms with E-state index < -0.39 is 0 Å². The Labute approximate surface area is 80.3 Å². The van der Waals surface area contributed by atoms with Crippen molar-refractivity contribution < 1.29 is 9.47 Å². The zero-order valence-corrected chi connectivity index (χ0v) is 8.69. The van der Waals surface area contributed by atoms with Crippen molar-refractivity contribution in [3.8, 4) is 0 Å². The largest absolute Gasteiger partial charge is 0.377 e. The maximum atomic E-state index is 5.38. The van der Waals surface area contributed by atoms with Crippen molar-refractivity contribution in [1.29, 1.82) is 0 Å². The summed E-state index contributed by atoms with van der Waals surface area (Å²) in [6.07, 6.45) is 5.59. The Morgan fingerprint density at radius 3 is 2.69 bits per heavy atom. The first-order valence-corrected chi connectivity index (χ1v) is 4.68. The molecule has 76 valence electrons. The third-order valence-electron chi connectivity index (χ3n) is 2.44. The Kier molecular flexibility index (Phi) is 4.42. The zero-order valence-electron chi connectivity index (χ0n) is 8.69. The van der Waals surface area contributed by atoms with E-state index in [2.05, 4.69) is 24.1 Å². The van der Waals surface area contributed by atoms with Gasteiger partial charge in [0.05, 0.1) is 6.10 Å². The van der Waals surface area contributed by atoms with E-state index in [0.717, 1.165) is 19.5 Å². The van der Waals surface area contributed by atoms with Crippen LogP contribution in [0.25, 0.3) is 0 Å². The van der Waals surface area contributed by atoms with Gasteiger partial charge in [-0.05, 0) is 13.5 Å². The fourth-order valence-electron chi connectivity index (χ4n) is 1.59. The molecule has 0 aromatic heterocycles. The van der Waals surface area contributed by atoms with Crippen LogP contribution in [0.3, 0.4) is 0 Å². The van der Waals surface area contributed by atoms with Crippen molar-refractivity contribution in [3.63, 3.8) is 0 Å². The molecular formula is C10H19NO2. The van der Waals surface area contributed by atoms with Crippen molar-refractivity contribution in [1.82, 2.24) is 4.90 Å². The molecule has 0 radical (unpaired) electrons. The minimum absolute atomic E-state index is 0.0905. The number of likely N-dealkylation sites (N-methyl/N-ethyl adjacent to an activating group) is 1. The van der Waals surface area contributed by atoms with E-state index in [4.69, 9.17) is 9.47 Å². The highest BCUT2D eigenvalue weighted by molar-refractivity contribution is 4.96. The van der Waals surface area contributed by atoms with Gasteiger partial charge in [-0.1, -0.05) is 12.2 Å². The van der Waals surface area contributed by atoms with Crippen LogP contribution >= 0.6 is 0 Å². The van der Waals surface area contributed by atoms with Crippen LogP contribution in [0.2, 0.25) is 0 Å². The van der Waals surface area contributed by atoms with Crippen LogP contribution in [-0.2, 0) is 9.47 Å². The summed E-state index contributed by atoms with van der Waals surface area (Å²) in [5, 5.41) is 0. The third kappa shape index (κ3) is 3.10. The highest BCUT2D eigenvalue weighted by Gasteiger charge is 2.21. The number of hydrogen-bond acceptors (Lipinski definition) is 3. The first-order valence-electron chi connectivity index (χ1n) is 4.68. The second kappa shape index (κ2) is 5.37. The first kappa shape index (κ1) is 10.7. The molecule has 0 aromatic carbocycles. The molecule has 0 amide bonds. The van der Waals surface area contributed by atoms with Gasteiger partial charge in [0.15, 0.2) is 0 Å². The number of methoxy groups -OCH3 is 2. The van der Waals surface area contributed by atoms with Crippen molar-refractivity contribution in [2.75, 3.05) is 34.4 Å². The van der Waals surface area contributed by atoms with E-state index in [-0.39, 0.29) is 12.2 Å². The molecule has 0 spiro atoms. The molecule has 3 heteroatoms. The smallest absolute Gasteiger partial charge is 0.103 e. The van der Waals surface area contributed by atoms with E-state index in [1.54, 1.807) is 14.2 Å². The van der Waals surface area contributed by atoms with Gasteiger partial charge < -0.3 is 14.4 Å². The normalized spacial score (nSPS) is 31.3. The fraction of sp³-hybridized carbons (Fsp3) is 0.800. The Morgan fingerprint density at radius 1 is 1.31 bits per heavy atom. The molecule has 0 fully saturated rings. The summed E-state index contributed by atoms with van der Waals surface area (Å²) in [6.45, 7) is 2.02. The van der Waals surface area contributed by atoms with Crippen LogP contribution < -0.4 is 0 Å². The highest BCUT2D eigenvalue weighted by Crippen LogP contribution is 2.09. The van der Waals surface area contributed by atoms with Crippen LogP contribution in [0.1, 0.15) is 6.42 Å². The van der Waals surface area contributed by atoms with E-state index in [0.29, 0.717) is 0 Å². The molecule has 1 aliphatic heterocycles. The molecule has 0 bridgehead atoms. The van der Waals surface area contributed by atoms with Crippen molar-refractivity contribution in [3.05, 3.63) is 12.2 Å². The minimum atomic E-state index is 0.0905. The molecule has 2 atom stereocenters. The van der Waals surface area contributed by atoms with Crippen molar-refractivity contribution >= 4 is 0 Å². The molecule has 1 aliphatic rings. The second-order valence-electron chi connectivity index (χ2n) is 3.45. The molecule has 13 heavy (non-hydrogen) atoms. The quantitative estimate of drug-likeness (QED) is 0.597.